The quantitative estimate of drug-likeness (QED) is 0.171. The van der Waals surface area contributed by atoms with Crippen molar-refractivity contribution in [2.75, 3.05) is 13.2 Å². The van der Waals surface area contributed by atoms with Gasteiger partial charge in [0.2, 0.25) is 0 Å². The number of hydrogen-bond acceptors (Lipinski definition) is 6. The molecule has 0 amide bonds. The molecule has 0 aliphatic heterocycles. The van der Waals surface area contributed by atoms with Crippen molar-refractivity contribution < 1.29 is 45.4 Å². The van der Waals surface area contributed by atoms with Gasteiger partial charge in [0.05, 0.1) is 33.7 Å². The first-order chi connectivity index (χ1) is 17.9. The van der Waals surface area contributed by atoms with Gasteiger partial charge in [0, 0.05) is 11.1 Å². The number of carbonyl (C=O) groups is 2. The molecule has 200 valence electrons. The summed E-state index contributed by atoms with van der Waals surface area (Å²) in [5.74, 6) is -1.43. The summed E-state index contributed by atoms with van der Waals surface area (Å²) in [4.78, 5) is 25.9. The zero-order valence-corrected chi connectivity index (χ0v) is 21.4. The fraction of sp³-hybridized carbons (Fsp3) is 0.231. The van der Waals surface area contributed by atoms with E-state index in [2.05, 4.69) is 0 Å². The molecule has 0 saturated heterocycles. The zero-order chi connectivity index (χ0) is 27.8. The zero-order valence-electron chi connectivity index (χ0n) is 19.8. The number of ether oxygens (including phenoxy) is 2. The SMILES string of the molecule is CCOC(=O)c1sc2c(-c3ccc(C(F)(F)F)cc3)c(C(=O)OCC)sc2c1-c1ccc(C(F)(F)F)cc1. The van der Waals surface area contributed by atoms with Gasteiger partial charge in [-0.15, -0.1) is 22.7 Å². The van der Waals surface area contributed by atoms with Gasteiger partial charge in [0.1, 0.15) is 9.75 Å². The van der Waals surface area contributed by atoms with Crippen molar-refractivity contribution in [2.45, 2.75) is 26.2 Å². The second-order valence-corrected chi connectivity index (χ2v) is 9.90. The van der Waals surface area contributed by atoms with Crippen molar-refractivity contribution in [3.63, 3.8) is 0 Å². The van der Waals surface area contributed by atoms with Crippen LogP contribution in [0.4, 0.5) is 26.3 Å². The first-order valence-electron chi connectivity index (χ1n) is 11.2. The van der Waals surface area contributed by atoms with Gasteiger partial charge < -0.3 is 9.47 Å². The molecular formula is C26H18F6O4S2. The average Bonchev–Trinajstić information content (AvgIpc) is 3.40. The number of rotatable bonds is 6. The third-order valence-electron chi connectivity index (χ3n) is 5.45. The van der Waals surface area contributed by atoms with Gasteiger partial charge in [0.25, 0.3) is 0 Å². The molecule has 0 unspecified atom stereocenters. The average molecular weight is 573 g/mol. The van der Waals surface area contributed by atoms with E-state index in [1.165, 1.54) is 24.3 Å². The molecule has 2 aromatic carbocycles. The van der Waals surface area contributed by atoms with Crippen LogP contribution in [0.1, 0.15) is 44.3 Å². The standard InChI is InChI=1S/C26H18F6O4S2/c1-3-35-23(33)21-17(13-5-9-15(10-6-13)25(27,28)29)19-20(37-21)18(22(38-19)24(34)36-4-2)14-7-11-16(12-8-14)26(30,31)32/h5-12H,3-4H2,1-2H3. The Bertz CT molecular complexity index is 1370. The van der Waals surface area contributed by atoms with Gasteiger partial charge in [-0.25, -0.2) is 9.59 Å². The van der Waals surface area contributed by atoms with Gasteiger partial charge in [-0.1, -0.05) is 24.3 Å². The van der Waals surface area contributed by atoms with E-state index in [9.17, 15) is 35.9 Å². The number of thiophene rings is 2. The molecule has 0 fully saturated rings. The summed E-state index contributed by atoms with van der Waals surface area (Å²) < 4.78 is 90.0. The first kappa shape index (κ1) is 27.6. The lowest BCUT2D eigenvalue weighted by molar-refractivity contribution is -0.138. The fourth-order valence-electron chi connectivity index (χ4n) is 3.79. The minimum atomic E-state index is -4.57. The van der Waals surface area contributed by atoms with Crippen LogP contribution >= 0.6 is 22.7 Å². The minimum Gasteiger partial charge on any atom is -0.462 e. The van der Waals surface area contributed by atoms with E-state index < -0.39 is 35.4 Å². The van der Waals surface area contributed by atoms with Crippen LogP contribution in [0.2, 0.25) is 0 Å². The van der Waals surface area contributed by atoms with Crippen molar-refractivity contribution in [1.82, 2.24) is 0 Å². The van der Waals surface area contributed by atoms with Gasteiger partial charge in [0.15, 0.2) is 0 Å². The Morgan fingerprint density at radius 3 is 1.21 bits per heavy atom. The molecule has 0 bridgehead atoms. The predicted octanol–water partition coefficient (Wildman–Crippen LogP) is 8.69. The number of benzene rings is 2. The molecule has 0 aliphatic carbocycles. The number of carbonyl (C=O) groups excluding carboxylic acids is 2. The normalized spacial score (nSPS) is 12.1. The Kier molecular flexibility index (Phi) is 7.57. The van der Waals surface area contributed by atoms with Crippen molar-refractivity contribution in [1.29, 1.82) is 0 Å². The van der Waals surface area contributed by atoms with E-state index in [1.807, 2.05) is 0 Å². The minimum absolute atomic E-state index is 0.0384. The lowest BCUT2D eigenvalue weighted by Gasteiger charge is -2.09. The fourth-order valence-corrected chi connectivity index (χ4v) is 6.54. The Hall–Kier alpha value is -3.38. The number of alkyl halides is 6. The van der Waals surface area contributed by atoms with Crippen molar-refractivity contribution >= 4 is 44.0 Å². The number of hydrogen-bond donors (Lipinski definition) is 0. The summed E-state index contributed by atoms with van der Waals surface area (Å²) in [6.45, 7) is 3.27. The molecule has 0 spiro atoms. The smallest absolute Gasteiger partial charge is 0.416 e. The Labute approximate surface area is 220 Å². The van der Waals surface area contributed by atoms with E-state index in [0.717, 1.165) is 46.9 Å². The number of esters is 2. The van der Waals surface area contributed by atoms with Crippen LogP contribution in [-0.4, -0.2) is 25.2 Å². The van der Waals surface area contributed by atoms with Gasteiger partial charge >= 0.3 is 24.3 Å². The molecule has 12 heteroatoms. The molecule has 2 aromatic heterocycles. The lowest BCUT2D eigenvalue weighted by Crippen LogP contribution is -2.06. The van der Waals surface area contributed by atoms with Crippen LogP contribution in [0.5, 0.6) is 0 Å². The third-order valence-corrected chi connectivity index (χ3v) is 7.95. The van der Waals surface area contributed by atoms with Crippen molar-refractivity contribution in [2.24, 2.45) is 0 Å². The maximum absolute atomic E-state index is 13.1. The molecule has 2 heterocycles. The van der Waals surface area contributed by atoms with E-state index in [-0.39, 0.29) is 45.2 Å². The molecule has 4 rings (SSSR count). The Morgan fingerprint density at radius 2 is 0.947 bits per heavy atom. The van der Waals surface area contributed by atoms with Crippen LogP contribution in [0.3, 0.4) is 0 Å². The highest BCUT2D eigenvalue weighted by Gasteiger charge is 2.33. The van der Waals surface area contributed by atoms with Crippen LogP contribution < -0.4 is 0 Å². The summed E-state index contributed by atoms with van der Waals surface area (Å²) >= 11 is 1.90. The summed E-state index contributed by atoms with van der Waals surface area (Å²) in [5, 5.41) is 0. The Balaban J connectivity index is 1.99. The highest BCUT2D eigenvalue weighted by Crippen LogP contribution is 2.50. The van der Waals surface area contributed by atoms with E-state index in [4.69, 9.17) is 9.47 Å². The molecule has 0 saturated carbocycles. The van der Waals surface area contributed by atoms with Crippen LogP contribution in [0.25, 0.3) is 31.7 Å². The first-order valence-corrected chi connectivity index (χ1v) is 12.8. The summed E-state index contributed by atoms with van der Waals surface area (Å²) in [6.07, 6.45) is -9.13. The van der Waals surface area contributed by atoms with Gasteiger partial charge in [-0.3, -0.25) is 0 Å². The highest BCUT2D eigenvalue weighted by molar-refractivity contribution is 7.31. The summed E-state index contributed by atoms with van der Waals surface area (Å²) in [7, 11) is 0. The molecule has 4 nitrogen and oxygen atoms in total. The molecule has 0 atom stereocenters. The molecule has 0 N–H and O–H groups in total. The van der Waals surface area contributed by atoms with Crippen LogP contribution in [0.15, 0.2) is 48.5 Å². The largest absolute Gasteiger partial charge is 0.462 e. The highest BCUT2D eigenvalue weighted by atomic mass is 32.1. The maximum Gasteiger partial charge on any atom is 0.416 e. The van der Waals surface area contributed by atoms with E-state index >= 15 is 0 Å². The van der Waals surface area contributed by atoms with E-state index in [1.54, 1.807) is 13.8 Å². The second-order valence-electron chi connectivity index (χ2n) is 7.86. The number of halogens is 6. The van der Waals surface area contributed by atoms with Crippen molar-refractivity contribution in [3.05, 3.63) is 69.4 Å². The van der Waals surface area contributed by atoms with Gasteiger partial charge in [-0.2, -0.15) is 26.3 Å². The lowest BCUT2D eigenvalue weighted by atomic mass is 10.0. The van der Waals surface area contributed by atoms with Crippen LogP contribution in [0, 0.1) is 0 Å². The Morgan fingerprint density at radius 1 is 0.632 bits per heavy atom. The maximum atomic E-state index is 13.1. The van der Waals surface area contributed by atoms with Gasteiger partial charge in [-0.05, 0) is 49.2 Å². The molecule has 0 radical (unpaired) electrons. The second kappa shape index (κ2) is 10.4. The monoisotopic (exact) mass is 572 g/mol. The molecule has 38 heavy (non-hydrogen) atoms. The molecule has 4 aromatic rings. The number of fused-ring (bicyclic) bond motifs is 1. The van der Waals surface area contributed by atoms with Crippen LogP contribution in [-0.2, 0) is 21.8 Å². The van der Waals surface area contributed by atoms with E-state index in [0.29, 0.717) is 9.40 Å². The summed E-state index contributed by atoms with van der Waals surface area (Å²) in [6, 6.07) is 8.38. The molecular weight excluding hydrogens is 554 g/mol. The third kappa shape index (κ3) is 5.28. The summed E-state index contributed by atoms with van der Waals surface area (Å²) in [5.41, 5.74) is -0.661. The predicted molar refractivity (Wildman–Crippen MR) is 132 cm³/mol. The topological polar surface area (TPSA) is 52.6 Å². The molecule has 0 aliphatic rings. The van der Waals surface area contributed by atoms with Crippen molar-refractivity contribution in [3.8, 4) is 22.3 Å².